The number of pyridine rings is 1. The zero-order valence-corrected chi connectivity index (χ0v) is 13.2. The van der Waals surface area contributed by atoms with Gasteiger partial charge in [0.25, 0.3) is 0 Å². The standard InChI is InChI=1S/C17H16FN3OS/c18-14-7-12(11-2-1-3-19-9-11)6-13(8-14)16-20-17(22)15-10-23-5-4-21(15)16/h1-3,6-9,15-16H,4-5,10H2,(H,20,22). The number of hydrogen-bond acceptors (Lipinski definition) is 4. The molecule has 2 fully saturated rings. The van der Waals surface area contributed by atoms with Crippen molar-refractivity contribution in [2.45, 2.75) is 12.2 Å². The van der Waals surface area contributed by atoms with Crippen LogP contribution >= 0.6 is 11.8 Å². The molecular weight excluding hydrogens is 313 g/mol. The van der Waals surface area contributed by atoms with E-state index < -0.39 is 0 Å². The van der Waals surface area contributed by atoms with E-state index in [0.717, 1.165) is 34.7 Å². The van der Waals surface area contributed by atoms with Gasteiger partial charge in [-0.15, -0.1) is 0 Å². The molecule has 4 nitrogen and oxygen atoms in total. The van der Waals surface area contributed by atoms with Crippen molar-refractivity contribution in [3.8, 4) is 11.1 Å². The average molecular weight is 329 g/mol. The average Bonchev–Trinajstić information content (AvgIpc) is 2.93. The molecule has 23 heavy (non-hydrogen) atoms. The van der Waals surface area contributed by atoms with Crippen LogP contribution < -0.4 is 5.32 Å². The minimum atomic E-state index is -0.301. The van der Waals surface area contributed by atoms with Gasteiger partial charge < -0.3 is 5.32 Å². The monoisotopic (exact) mass is 329 g/mol. The Morgan fingerprint density at radius 3 is 3.04 bits per heavy atom. The van der Waals surface area contributed by atoms with Crippen LogP contribution in [0.5, 0.6) is 0 Å². The minimum Gasteiger partial charge on any atom is -0.335 e. The third-order valence-electron chi connectivity index (χ3n) is 4.31. The second-order valence-electron chi connectivity index (χ2n) is 5.75. The molecule has 2 aliphatic rings. The maximum absolute atomic E-state index is 14.1. The molecule has 1 amide bonds. The first-order valence-electron chi connectivity index (χ1n) is 7.57. The summed E-state index contributed by atoms with van der Waals surface area (Å²) >= 11 is 1.79. The third-order valence-corrected chi connectivity index (χ3v) is 5.34. The number of benzene rings is 1. The number of nitrogens with one attached hydrogen (secondary N) is 1. The van der Waals surface area contributed by atoms with E-state index in [-0.39, 0.29) is 23.9 Å². The number of fused-ring (bicyclic) bond motifs is 1. The fourth-order valence-corrected chi connectivity index (χ4v) is 4.28. The first-order chi connectivity index (χ1) is 11.2. The van der Waals surface area contributed by atoms with Crippen LogP contribution in [0.3, 0.4) is 0 Å². The van der Waals surface area contributed by atoms with Crippen LogP contribution in [0.1, 0.15) is 11.7 Å². The largest absolute Gasteiger partial charge is 0.335 e. The van der Waals surface area contributed by atoms with Crippen LogP contribution in [-0.4, -0.2) is 39.9 Å². The molecular formula is C17H16FN3OS. The van der Waals surface area contributed by atoms with Gasteiger partial charge in [0.1, 0.15) is 18.0 Å². The molecule has 0 spiro atoms. The molecule has 2 saturated heterocycles. The van der Waals surface area contributed by atoms with Gasteiger partial charge in [-0.05, 0) is 35.4 Å². The van der Waals surface area contributed by atoms with Crippen molar-refractivity contribution in [1.29, 1.82) is 0 Å². The number of halogens is 1. The van der Waals surface area contributed by atoms with Crippen molar-refractivity contribution in [2.75, 3.05) is 18.1 Å². The summed E-state index contributed by atoms with van der Waals surface area (Å²) in [6.07, 6.45) is 3.16. The van der Waals surface area contributed by atoms with E-state index >= 15 is 0 Å². The summed E-state index contributed by atoms with van der Waals surface area (Å²) in [5, 5.41) is 3.01. The summed E-state index contributed by atoms with van der Waals surface area (Å²) in [5.41, 5.74) is 2.42. The Morgan fingerprint density at radius 1 is 1.30 bits per heavy atom. The van der Waals surface area contributed by atoms with Crippen LogP contribution in [0.25, 0.3) is 11.1 Å². The molecule has 2 atom stereocenters. The Morgan fingerprint density at radius 2 is 2.22 bits per heavy atom. The molecule has 4 rings (SSSR count). The number of amides is 1. The number of carbonyl (C=O) groups excluding carboxylic acids is 1. The summed E-state index contributed by atoms with van der Waals surface area (Å²) in [6.45, 7) is 0.831. The molecule has 2 aliphatic heterocycles. The fraction of sp³-hybridized carbons (Fsp3) is 0.294. The maximum Gasteiger partial charge on any atom is 0.239 e. The van der Waals surface area contributed by atoms with Crippen LogP contribution in [-0.2, 0) is 4.79 Å². The molecule has 118 valence electrons. The second kappa shape index (κ2) is 5.94. The lowest BCUT2D eigenvalue weighted by molar-refractivity contribution is -0.121. The first-order valence-corrected chi connectivity index (χ1v) is 8.72. The number of thioether (sulfide) groups is 1. The van der Waals surface area contributed by atoms with Gasteiger partial charge in [-0.2, -0.15) is 11.8 Å². The highest BCUT2D eigenvalue weighted by Gasteiger charge is 2.42. The molecule has 0 radical (unpaired) electrons. The van der Waals surface area contributed by atoms with Crippen molar-refractivity contribution >= 4 is 17.7 Å². The van der Waals surface area contributed by atoms with Gasteiger partial charge in [0.2, 0.25) is 5.91 Å². The van der Waals surface area contributed by atoms with Crippen LogP contribution in [0.15, 0.2) is 42.7 Å². The molecule has 0 saturated carbocycles. The van der Waals surface area contributed by atoms with Gasteiger partial charge in [-0.25, -0.2) is 4.39 Å². The summed E-state index contributed by atoms with van der Waals surface area (Å²) < 4.78 is 14.1. The highest BCUT2D eigenvalue weighted by atomic mass is 32.2. The molecule has 1 N–H and O–H groups in total. The first kappa shape index (κ1) is 14.7. The van der Waals surface area contributed by atoms with Gasteiger partial charge in [0, 0.05) is 36.0 Å². The molecule has 0 aliphatic carbocycles. The molecule has 3 heterocycles. The van der Waals surface area contributed by atoms with Gasteiger partial charge in [-0.3, -0.25) is 14.7 Å². The van der Waals surface area contributed by atoms with Gasteiger partial charge in [0.15, 0.2) is 0 Å². The summed E-state index contributed by atoms with van der Waals surface area (Å²) in [7, 11) is 0. The lowest BCUT2D eigenvalue weighted by atomic mass is 10.0. The predicted octanol–water partition coefficient (Wildman–Crippen LogP) is 2.43. The van der Waals surface area contributed by atoms with Crippen molar-refractivity contribution in [1.82, 2.24) is 15.2 Å². The van der Waals surface area contributed by atoms with Gasteiger partial charge >= 0.3 is 0 Å². The Labute approximate surface area is 138 Å². The summed E-state index contributed by atoms with van der Waals surface area (Å²) in [5.74, 6) is 1.53. The summed E-state index contributed by atoms with van der Waals surface area (Å²) in [6, 6.07) is 8.57. The van der Waals surface area contributed by atoms with E-state index in [1.807, 2.05) is 18.2 Å². The van der Waals surface area contributed by atoms with Crippen molar-refractivity contribution in [3.05, 3.63) is 54.1 Å². The SMILES string of the molecule is O=C1NC(c2cc(F)cc(-c3cccnc3)c2)N2CCSCC12. The normalized spacial score (nSPS) is 24.3. The number of carbonyl (C=O) groups is 1. The molecule has 1 aromatic heterocycles. The minimum absolute atomic E-state index is 0.0365. The van der Waals surface area contributed by atoms with Gasteiger partial charge in [0.05, 0.1) is 0 Å². The molecule has 2 aromatic rings. The second-order valence-corrected chi connectivity index (χ2v) is 6.90. The Balaban J connectivity index is 1.72. The number of aromatic nitrogens is 1. The predicted molar refractivity (Wildman–Crippen MR) is 88.3 cm³/mol. The highest BCUT2D eigenvalue weighted by molar-refractivity contribution is 7.99. The Hall–Kier alpha value is -1.92. The number of nitrogens with zero attached hydrogens (tertiary/aromatic N) is 2. The van der Waals surface area contributed by atoms with E-state index in [1.165, 1.54) is 12.1 Å². The molecule has 2 unspecified atom stereocenters. The quantitative estimate of drug-likeness (QED) is 0.919. The van der Waals surface area contributed by atoms with Gasteiger partial charge in [-0.1, -0.05) is 6.07 Å². The molecule has 6 heteroatoms. The van der Waals surface area contributed by atoms with E-state index in [9.17, 15) is 9.18 Å². The van der Waals surface area contributed by atoms with Crippen molar-refractivity contribution in [2.24, 2.45) is 0 Å². The zero-order valence-electron chi connectivity index (χ0n) is 12.4. The number of hydrogen-bond donors (Lipinski definition) is 1. The van der Waals surface area contributed by atoms with Crippen LogP contribution in [0, 0.1) is 5.82 Å². The maximum atomic E-state index is 14.1. The van der Waals surface area contributed by atoms with Crippen LogP contribution in [0.4, 0.5) is 4.39 Å². The van der Waals surface area contributed by atoms with E-state index in [1.54, 1.807) is 24.2 Å². The smallest absolute Gasteiger partial charge is 0.239 e. The topological polar surface area (TPSA) is 45.2 Å². The zero-order chi connectivity index (χ0) is 15.8. The molecule has 1 aromatic carbocycles. The fourth-order valence-electron chi connectivity index (χ4n) is 3.21. The third kappa shape index (κ3) is 2.72. The van der Waals surface area contributed by atoms with E-state index in [2.05, 4.69) is 15.2 Å². The van der Waals surface area contributed by atoms with Crippen LogP contribution in [0.2, 0.25) is 0 Å². The van der Waals surface area contributed by atoms with Crippen molar-refractivity contribution < 1.29 is 9.18 Å². The number of rotatable bonds is 2. The Bertz CT molecular complexity index is 740. The van der Waals surface area contributed by atoms with E-state index in [0.29, 0.717) is 0 Å². The van der Waals surface area contributed by atoms with Crippen molar-refractivity contribution in [3.63, 3.8) is 0 Å². The Kier molecular flexibility index (Phi) is 3.79. The lowest BCUT2D eigenvalue weighted by Crippen LogP contribution is -2.41. The van der Waals surface area contributed by atoms with E-state index in [4.69, 9.17) is 0 Å². The lowest BCUT2D eigenvalue weighted by Gasteiger charge is -2.31. The highest BCUT2D eigenvalue weighted by Crippen LogP contribution is 2.33. The molecule has 0 bridgehead atoms. The summed E-state index contributed by atoms with van der Waals surface area (Å²) in [4.78, 5) is 18.4.